The Morgan fingerprint density at radius 2 is 2.00 bits per heavy atom. The molecule has 150 valence electrons. The van der Waals surface area contributed by atoms with Gasteiger partial charge in [0.1, 0.15) is 5.82 Å². The predicted molar refractivity (Wildman–Crippen MR) is 114 cm³/mol. The lowest BCUT2D eigenvalue weighted by Crippen LogP contribution is -2.27. The number of hydrogen-bond donors (Lipinski definition) is 0. The summed E-state index contributed by atoms with van der Waals surface area (Å²) < 4.78 is 15.0. The molecule has 0 spiro atoms. The maximum atomic E-state index is 13.0. The molecule has 1 amide bonds. The van der Waals surface area contributed by atoms with Crippen molar-refractivity contribution in [2.75, 3.05) is 12.8 Å². The molecule has 0 aliphatic heterocycles. The molecule has 5 nitrogen and oxygen atoms in total. The van der Waals surface area contributed by atoms with Gasteiger partial charge in [0.15, 0.2) is 11.0 Å². The van der Waals surface area contributed by atoms with Crippen molar-refractivity contribution in [1.29, 1.82) is 0 Å². The molecule has 0 aliphatic carbocycles. The van der Waals surface area contributed by atoms with Crippen LogP contribution in [0.15, 0.2) is 66.3 Å². The Kier molecular flexibility index (Phi) is 6.82. The Labute approximate surface area is 174 Å². The standard InChI is InChI=1S/C22H23FN4OS/c1-4-12-27-21(18-7-5-6-16(2)13-18)24-25-22(27)29-15-20(28)26(3)14-17-8-10-19(23)11-9-17/h4-11,13H,1,12,14-15H2,2-3H3. The average molecular weight is 411 g/mol. The van der Waals surface area contributed by atoms with Gasteiger partial charge in [-0.15, -0.1) is 16.8 Å². The smallest absolute Gasteiger partial charge is 0.233 e. The Morgan fingerprint density at radius 1 is 1.24 bits per heavy atom. The fourth-order valence-corrected chi connectivity index (χ4v) is 3.76. The number of hydrogen-bond acceptors (Lipinski definition) is 4. The minimum atomic E-state index is -0.288. The van der Waals surface area contributed by atoms with Crippen molar-refractivity contribution in [2.45, 2.75) is 25.2 Å². The van der Waals surface area contributed by atoms with E-state index in [2.05, 4.69) is 22.8 Å². The van der Waals surface area contributed by atoms with Crippen molar-refractivity contribution in [1.82, 2.24) is 19.7 Å². The van der Waals surface area contributed by atoms with Gasteiger partial charge in [0.05, 0.1) is 5.75 Å². The number of carbonyl (C=O) groups is 1. The number of carbonyl (C=O) groups excluding carboxylic acids is 1. The molecule has 0 N–H and O–H groups in total. The highest BCUT2D eigenvalue weighted by molar-refractivity contribution is 7.99. The van der Waals surface area contributed by atoms with Crippen molar-refractivity contribution in [3.8, 4) is 11.4 Å². The van der Waals surface area contributed by atoms with Crippen LogP contribution in [0.3, 0.4) is 0 Å². The summed E-state index contributed by atoms with van der Waals surface area (Å²) in [6.07, 6.45) is 1.79. The van der Waals surface area contributed by atoms with Crippen LogP contribution in [0.1, 0.15) is 11.1 Å². The second-order valence-electron chi connectivity index (χ2n) is 6.74. The molecule has 1 aromatic heterocycles. The maximum absolute atomic E-state index is 13.0. The van der Waals surface area contributed by atoms with Crippen LogP contribution in [0.4, 0.5) is 4.39 Å². The molecule has 0 unspecified atom stereocenters. The van der Waals surface area contributed by atoms with Crippen LogP contribution in [-0.2, 0) is 17.9 Å². The number of amides is 1. The van der Waals surface area contributed by atoms with Crippen molar-refractivity contribution in [2.24, 2.45) is 0 Å². The Balaban J connectivity index is 1.68. The number of allylic oxidation sites excluding steroid dienone is 1. The molecule has 29 heavy (non-hydrogen) atoms. The number of aromatic nitrogens is 3. The van der Waals surface area contributed by atoms with Crippen LogP contribution < -0.4 is 0 Å². The van der Waals surface area contributed by atoms with E-state index < -0.39 is 0 Å². The molecular weight excluding hydrogens is 387 g/mol. The molecule has 3 aromatic rings. The van der Waals surface area contributed by atoms with Gasteiger partial charge in [-0.2, -0.15) is 0 Å². The summed E-state index contributed by atoms with van der Waals surface area (Å²) in [4.78, 5) is 14.2. The minimum absolute atomic E-state index is 0.0374. The monoisotopic (exact) mass is 410 g/mol. The third-order valence-corrected chi connectivity index (χ3v) is 5.34. The number of thioether (sulfide) groups is 1. The largest absolute Gasteiger partial charge is 0.341 e. The van der Waals surface area contributed by atoms with E-state index in [1.807, 2.05) is 29.7 Å². The van der Waals surface area contributed by atoms with Gasteiger partial charge >= 0.3 is 0 Å². The minimum Gasteiger partial charge on any atom is -0.341 e. The summed E-state index contributed by atoms with van der Waals surface area (Å²) in [6.45, 7) is 6.83. The lowest BCUT2D eigenvalue weighted by molar-refractivity contribution is -0.127. The third kappa shape index (κ3) is 5.32. The molecule has 0 atom stereocenters. The normalized spacial score (nSPS) is 10.7. The van der Waals surface area contributed by atoms with Gasteiger partial charge < -0.3 is 4.90 Å². The highest BCUT2D eigenvalue weighted by Crippen LogP contribution is 2.25. The first-order valence-electron chi connectivity index (χ1n) is 9.20. The van der Waals surface area contributed by atoms with E-state index in [1.165, 1.54) is 23.9 Å². The van der Waals surface area contributed by atoms with Crippen LogP contribution in [0, 0.1) is 12.7 Å². The molecule has 7 heteroatoms. The van der Waals surface area contributed by atoms with E-state index in [0.29, 0.717) is 18.2 Å². The van der Waals surface area contributed by atoms with Gasteiger partial charge in [-0.3, -0.25) is 9.36 Å². The third-order valence-electron chi connectivity index (χ3n) is 4.39. The second kappa shape index (κ2) is 9.52. The van der Waals surface area contributed by atoms with Gasteiger partial charge in [-0.1, -0.05) is 53.7 Å². The highest BCUT2D eigenvalue weighted by atomic mass is 32.2. The van der Waals surface area contributed by atoms with Crippen LogP contribution in [-0.4, -0.2) is 38.4 Å². The van der Waals surface area contributed by atoms with Crippen LogP contribution in [0.25, 0.3) is 11.4 Å². The molecule has 0 saturated heterocycles. The Bertz CT molecular complexity index is 1000. The predicted octanol–water partition coefficient (Wildman–Crippen LogP) is 4.33. The SMILES string of the molecule is C=CCn1c(SCC(=O)N(C)Cc2ccc(F)cc2)nnc1-c1cccc(C)c1. The van der Waals surface area contributed by atoms with Crippen LogP contribution in [0.2, 0.25) is 0 Å². The first-order valence-corrected chi connectivity index (χ1v) is 10.2. The van der Waals surface area contributed by atoms with Crippen molar-refractivity contribution in [3.05, 3.63) is 78.1 Å². The van der Waals surface area contributed by atoms with Gasteiger partial charge in [0, 0.05) is 25.7 Å². The lowest BCUT2D eigenvalue weighted by atomic mass is 10.1. The zero-order valence-corrected chi connectivity index (χ0v) is 17.3. The van der Waals surface area contributed by atoms with Gasteiger partial charge in [0.2, 0.25) is 5.91 Å². The molecule has 0 saturated carbocycles. The number of aryl methyl sites for hydroxylation is 1. The Hall–Kier alpha value is -2.93. The van der Waals surface area contributed by atoms with E-state index >= 15 is 0 Å². The van der Waals surface area contributed by atoms with Crippen molar-refractivity contribution >= 4 is 17.7 Å². The van der Waals surface area contributed by atoms with Crippen LogP contribution in [0.5, 0.6) is 0 Å². The lowest BCUT2D eigenvalue weighted by Gasteiger charge is -2.17. The first-order chi connectivity index (χ1) is 14.0. The number of benzene rings is 2. The molecular formula is C22H23FN4OS. The first kappa shape index (κ1) is 20.8. The molecule has 0 fully saturated rings. The number of nitrogens with zero attached hydrogens (tertiary/aromatic N) is 4. The van der Waals surface area contributed by atoms with Crippen molar-refractivity contribution < 1.29 is 9.18 Å². The van der Waals surface area contributed by atoms with Gasteiger partial charge in [-0.25, -0.2) is 4.39 Å². The van der Waals surface area contributed by atoms with E-state index in [4.69, 9.17) is 0 Å². The molecule has 0 aliphatic rings. The summed E-state index contributed by atoms with van der Waals surface area (Å²) in [6, 6.07) is 14.2. The molecule has 3 rings (SSSR count). The Morgan fingerprint density at radius 3 is 2.69 bits per heavy atom. The summed E-state index contributed by atoms with van der Waals surface area (Å²) in [5.74, 6) is 0.665. The summed E-state index contributed by atoms with van der Waals surface area (Å²) in [5, 5.41) is 9.28. The fourth-order valence-electron chi connectivity index (χ4n) is 2.88. The van der Waals surface area contributed by atoms with Crippen LogP contribution >= 0.6 is 11.8 Å². The van der Waals surface area contributed by atoms with E-state index in [1.54, 1.807) is 30.2 Å². The summed E-state index contributed by atoms with van der Waals surface area (Å²) in [5.41, 5.74) is 3.00. The molecule has 0 radical (unpaired) electrons. The second-order valence-corrected chi connectivity index (χ2v) is 7.68. The zero-order chi connectivity index (χ0) is 20.8. The molecule has 2 aromatic carbocycles. The summed E-state index contributed by atoms with van der Waals surface area (Å²) >= 11 is 1.35. The van der Waals surface area contributed by atoms with E-state index in [0.717, 1.165) is 22.5 Å². The fraction of sp³-hybridized carbons (Fsp3) is 0.227. The summed E-state index contributed by atoms with van der Waals surface area (Å²) in [7, 11) is 1.74. The van der Waals surface area contributed by atoms with E-state index in [-0.39, 0.29) is 17.5 Å². The highest BCUT2D eigenvalue weighted by Gasteiger charge is 2.16. The van der Waals surface area contributed by atoms with Gasteiger partial charge in [-0.05, 0) is 30.7 Å². The molecule has 1 heterocycles. The topological polar surface area (TPSA) is 51.0 Å². The zero-order valence-electron chi connectivity index (χ0n) is 16.5. The quantitative estimate of drug-likeness (QED) is 0.410. The van der Waals surface area contributed by atoms with E-state index in [9.17, 15) is 9.18 Å². The average Bonchev–Trinajstić information content (AvgIpc) is 3.11. The molecule has 0 bridgehead atoms. The van der Waals surface area contributed by atoms with Gasteiger partial charge in [0.25, 0.3) is 0 Å². The number of rotatable bonds is 8. The van der Waals surface area contributed by atoms with Crippen molar-refractivity contribution in [3.63, 3.8) is 0 Å². The maximum Gasteiger partial charge on any atom is 0.233 e. The number of halogens is 1.